The van der Waals surface area contributed by atoms with Crippen LogP contribution in [0.5, 0.6) is 0 Å². The summed E-state index contributed by atoms with van der Waals surface area (Å²) in [4.78, 5) is 23.3. The molecule has 1 aliphatic heterocycles. The Morgan fingerprint density at radius 2 is 2.05 bits per heavy atom. The summed E-state index contributed by atoms with van der Waals surface area (Å²) in [7, 11) is 0. The lowest BCUT2D eigenvalue weighted by Crippen LogP contribution is -2.37. The summed E-state index contributed by atoms with van der Waals surface area (Å²) >= 11 is 1.95. The van der Waals surface area contributed by atoms with Crippen molar-refractivity contribution in [3.05, 3.63) is 20.8 Å². The van der Waals surface area contributed by atoms with E-state index in [4.69, 9.17) is 9.47 Å². The summed E-state index contributed by atoms with van der Waals surface area (Å²) < 4.78 is 11.8. The Hall–Kier alpha value is -0.930. The van der Waals surface area contributed by atoms with Crippen LogP contribution < -0.4 is 0 Å². The van der Waals surface area contributed by atoms with E-state index in [2.05, 4.69) is 0 Å². The standard InChI is InChI=1S/C15H19IO6/c1-8-4-15(13(19)20,6-10(11(8)16)12(17)18)5-9-7-21-14(2,3)22-9/h4,9H,5-7H2,1-3H3,(H,17,18)(H,19,20)/t9-,15?/m0/s1. The van der Waals surface area contributed by atoms with E-state index >= 15 is 0 Å². The largest absolute Gasteiger partial charge is 0.481 e. The zero-order chi connectivity index (χ0) is 16.7. The maximum Gasteiger partial charge on any atom is 0.332 e. The molecule has 1 saturated heterocycles. The highest BCUT2D eigenvalue weighted by Gasteiger charge is 2.46. The van der Waals surface area contributed by atoms with Crippen molar-refractivity contribution >= 4 is 34.5 Å². The van der Waals surface area contributed by atoms with Crippen molar-refractivity contribution in [2.45, 2.75) is 45.5 Å². The normalized spacial score (nSPS) is 31.1. The zero-order valence-electron chi connectivity index (χ0n) is 12.7. The lowest BCUT2D eigenvalue weighted by atomic mass is 9.72. The summed E-state index contributed by atoms with van der Waals surface area (Å²) in [6.45, 7) is 5.58. The SMILES string of the molecule is CC1=CC(C[C@H]2COC(C)(C)O2)(C(=O)O)CC(C(=O)O)=C1I. The number of allylic oxidation sites excluding steroid dienone is 2. The highest BCUT2D eigenvalue weighted by atomic mass is 127. The number of ether oxygens (including phenoxy) is 2. The lowest BCUT2D eigenvalue weighted by molar-refractivity contribution is -0.154. The molecule has 22 heavy (non-hydrogen) atoms. The van der Waals surface area contributed by atoms with Gasteiger partial charge in [0, 0.05) is 10.0 Å². The molecule has 2 rings (SSSR count). The van der Waals surface area contributed by atoms with Crippen molar-refractivity contribution in [1.29, 1.82) is 0 Å². The molecule has 0 aromatic carbocycles. The number of carboxylic acids is 2. The summed E-state index contributed by atoms with van der Waals surface area (Å²) in [5, 5.41) is 19.1. The third-order valence-electron chi connectivity index (χ3n) is 3.94. The fraction of sp³-hybridized carbons (Fsp3) is 0.600. The van der Waals surface area contributed by atoms with Crippen LogP contribution in [0, 0.1) is 5.41 Å². The van der Waals surface area contributed by atoms with Crippen molar-refractivity contribution in [3.63, 3.8) is 0 Å². The minimum absolute atomic E-state index is 0.0480. The molecule has 0 amide bonds. The number of rotatable bonds is 4. The molecule has 0 saturated carbocycles. The summed E-state index contributed by atoms with van der Waals surface area (Å²) in [6, 6.07) is 0. The van der Waals surface area contributed by atoms with Gasteiger partial charge in [-0.15, -0.1) is 0 Å². The molecule has 2 aliphatic rings. The molecular formula is C15H19IO6. The van der Waals surface area contributed by atoms with E-state index in [1.165, 1.54) is 0 Å². The van der Waals surface area contributed by atoms with Gasteiger partial charge in [-0.3, -0.25) is 4.79 Å². The van der Waals surface area contributed by atoms with E-state index in [0.29, 0.717) is 15.8 Å². The van der Waals surface area contributed by atoms with Crippen LogP contribution in [0.3, 0.4) is 0 Å². The molecular weight excluding hydrogens is 403 g/mol. The van der Waals surface area contributed by atoms with Crippen molar-refractivity contribution in [3.8, 4) is 0 Å². The van der Waals surface area contributed by atoms with Gasteiger partial charge >= 0.3 is 11.9 Å². The van der Waals surface area contributed by atoms with E-state index in [9.17, 15) is 19.8 Å². The van der Waals surface area contributed by atoms with Crippen molar-refractivity contribution in [2.75, 3.05) is 6.61 Å². The molecule has 2 atom stereocenters. The highest BCUT2D eigenvalue weighted by molar-refractivity contribution is 14.1. The number of carboxylic acid groups (broad SMARTS) is 2. The molecule has 0 spiro atoms. The Balaban J connectivity index is 2.32. The first-order valence-corrected chi connectivity index (χ1v) is 8.01. The van der Waals surface area contributed by atoms with E-state index < -0.39 is 23.1 Å². The van der Waals surface area contributed by atoms with Gasteiger partial charge in [-0.25, -0.2) is 4.79 Å². The van der Waals surface area contributed by atoms with Crippen LogP contribution >= 0.6 is 22.6 Å². The Labute approximate surface area is 142 Å². The third kappa shape index (κ3) is 3.36. The fourth-order valence-corrected chi connectivity index (χ4v) is 3.53. The molecule has 1 fully saturated rings. The Morgan fingerprint density at radius 1 is 1.41 bits per heavy atom. The van der Waals surface area contributed by atoms with E-state index in [0.717, 1.165) is 0 Å². The first kappa shape index (κ1) is 17.4. The third-order valence-corrected chi connectivity index (χ3v) is 5.44. The van der Waals surface area contributed by atoms with Gasteiger partial charge in [0.15, 0.2) is 5.79 Å². The average molecular weight is 422 g/mol. The van der Waals surface area contributed by atoms with Crippen molar-refractivity contribution in [2.24, 2.45) is 5.41 Å². The number of aliphatic carboxylic acids is 2. The summed E-state index contributed by atoms with van der Waals surface area (Å²) in [5.41, 5.74) is -0.466. The zero-order valence-corrected chi connectivity index (χ0v) is 14.8. The van der Waals surface area contributed by atoms with Gasteiger partial charge in [-0.2, -0.15) is 0 Å². The van der Waals surface area contributed by atoms with Gasteiger partial charge in [0.2, 0.25) is 0 Å². The molecule has 0 aromatic rings. The Kier molecular flexibility index (Phi) is 4.70. The second-order valence-electron chi connectivity index (χ2n) is 6.22. The fourth-order valence-electron chi connectivity index (χ4n) is 2.96. The molecule has 122 valence electrons. The molecule has 1 unspecified atom stereocenters. The minimum atomic E-state index is -1.28. The topological polar surface area (TPSA) is 93.1 Å². The quantitative estimate of drug-likeness (QED) is 0.677. The van der Waals surface area contributed by atoms with Crippen molar-refractivity contribution in [1.82, 2.24) is 0 Å². The molecule has 0 aromatic heterocycles. The first-order chi connectivity index (χ1) is 10.1. The number of carbonyl (C=O) groups is 2. The average Bonchev–Trinajstić information content (AvgIpc) is 2.72. The second-order valence-corrected chi connectivity index (χ2v) is 7.30. The molecule has 1 aliphatic carbocycles. The van der Waals surface area contributed by atoms with E-state index in [1.54, 1.807) is 26.8 Å². The van der Waals surface area contributed by atoms with Gasteiger partial charge in [-0.05, 0) is 55.4 Å². The van der Waals surface area contributed by atoms with Crippen LogP contribution in [-0.4, -0.2) is 40.6 Å². The highest BCUT2D eigenvalue weighted by Crippen LogP contribution is 2.45. The minimum Gasteiger partial charge on any atom is -0.481 e. The van der Waals surface area contributed by atoms with Gasteiger partial charge in [0.1, 0.15) is 0 Å². The van der Waals surface area contributed by atoms with Gasteiger partial charge < -0.3 is 19.7 Å². The van der Waals surface area contributed by atoms with Crippen LogP contribution in [0.2, 0.25) is 0 Å². The van der Waals surface area contributed by atoms with Gasteiger partial charge in [0.05, 0.1) is 23.7 Å². The lowest BCUT2D eigenvalue weighted by Gasteiger charge is -2.33. The van der Waals surface area contributed by atoms with Gasteiger partial charge in [0.25, 0.3) is 0 Å². The van der Waals surface area contributed by atoms with E-state index in [-0.39, 0.29) is 24.5 Å². The van der Waals surface area contributed by atoms with Crippen LogP contribution in [-0.2, 0) is 19.1 Å². The Morgan fingerprint density at radius 3 is 2.50 bits per heavy atom. The smallest absolute Gasteiger partial charge is 0.332 e. The monoisotopic (exact) mass is 422 g/mol. The predicted octanol–water partition coefficient (Wildman–Crippen LogP) is 2.72. The van der Waals surface area contributed by atoms with E-state index in [1.807, 2.05) is 22.6 Å². The van der Waals surface area contributed by atoms with Crippen LogP contribution in [0.15, 0.2) is 20.8 Å². The molecule has 2 N–H and O–H groups in total. The van der Waals surface area contributed by atoms with Crippen LogP contribution in [0.25, 0.3) is 0 Å². The molecule has 7 heteroatoms. The molecule has 6 nitrogen and oxygen atoms in total. The second kappa shape index (κ2) is 5.93. The Bertz CT molecular complexity index is 577. The van der Waals surface area contributed by atoms with Gasteiger partial charge in [-0.1, -0.05) is 6.08 Å². The predicted molar refractivity (Wildman–Crippen MR) is 86.6 cm³/mol. The maximum atomic E-state index is 11.9. The molecule has 0 radical (unpaired) electrons. The van der Waals surface area contributed by atoms with Crippen LogP contribution in [0.4, 0.5) is 0 Å². The first-order valence-electron chi connectivity index (χ1n) is 6.93. The molecule has 0 bridgehead atoms. The van der Waals surface area contributed by atoms with Crippen molar-refractivity contribution < 1.29 is 29.3 Å². The molecule has 1 heterocycles. The number of hydrogen-bond acceptors (Lipinski definition) is 4. The maximum absolute atomic E-state index is 11.9. The number of hydrogen-bond donors (Lipinski definition) is 2. The summed E-state index contributed by atoms with van der Waals surface area (Å²) in [6.07, 6.45) is 1.41. The van der Waals surface area contributed by atoms with Crippen LogP contribution in [0.1, 0.15) is 33.6 Å². The summed E-state index contributed by atoms with van der Waals surface area (Å²) in [5.74, 6) is -2.85. The number of halogens is 1.